The fourth-order valence-corrected chi connectivity index (χ4v) is 2.97. The number of hydrogen-bond donors (Lipinski definition) is 0. The van der Waals surface area contributed by atoms with Crippen molar-refractivity contribution >= 4 is 8.07 Å². The maximum absolute atomic E-state index is 8.26. The molecule has 88 valence electrons. The van der Waals surface area contributed by atoms with E-state index in [-0.39, 0.29) is 0 Å². The van der Waals surface area contributed by atoms with Gasteiger partial charge in [-0.05, 0) is 19.3 Å². The predicted octanol–water partition coefficient (Wildman–Crippen LogP) is 5.34. The molecule has 0 nitrogen and oxygen atoms in total. The summed E-state index contributed by atoms with van der Waals surface area (Å²) in [5.41, 5.74) is 2.29. The van der Waals surface area contributed by atoms with Crippen molar-refractivity contribution in [2.45, 2.75) is 65.1 Å². The summed E-state index contributed by atoms with van der Waals surface area (Å²) < 4.78 is 8.26. The van der Waals surface area contributed by atoms with Crippen molar-refractivity contribution in [2.75, 3.05) is 0 Å². The lowest BCUT2D eigenvalue weighted by molar-refractivity contribution is 0.661. The van der Waals surface area contributed by atoms with E-state index in [0.29, 0.717) is 0 Å². The molecule has 0 aliphatic rings. The lowest BCUT2D eigenvalue weighted by atomic mass is 10.1. The molecule has 0 atom stereocenters. The Labute approximate surface area is 98.9 Å². The Morgan fingerprint density at radius 2 is 1.93 bits per heavy atom. The van der Waals surface area contributed by atoms with Crippen LogP contribution in [0, 0.1) is 0 Å². The second kappa shape index (κ2) is 7.92. The first-order chi connectivity index (χ1) is 7.43. The number of rotatable bonds is 8. The van der Waals surface area contributed by atoms with Crippen molar-refractivity contribution in [3.8, 4) is 0 Å². The lowest BCUT2D eigenvalue weighted by Gasteiger charge is -2.13. The van der Waals surface area contributed by atoms with Crippen LogP contribution in [0.5, 0.6) is 0 Å². The first-order valence-electron chi connectivity index (χ1n) is 6.73. The molecule has 1 heteroatoms. The minimum Gasteiger partial charge on any atom is -0.103 e. The SMILES string of the molecule is [2H]C(=C(CC=C)CCCCCC)[Si](C)(C)C. The average molecular weight is 225 g/mol. The number of allylic oxidation sites excluding steroid dienone is 2. The van der Waals surface area contributed by atoms with Crippen molar-refractivity contribution in [2.24, 2.45) is 0 Å². The van der Waals surface area contributed by atoms with Gasteiger partial charge in [0, 0.05) is 0 Å². The quantitative estimate of drug-likeness (QED) is 0.297. The van der Waals surface area contributed by atoms with Crippen LogP contribution in [0.4, 0.5) is 0 Å². The molecule has 0 aliphatic heterocycles. The van der Waals surface area contributed by atoms with E-state index in [1.807, 2.05) is 6.08 Å². The third-order valence-corrected chi connectivity index (χ3v) is 3.38. The summed E-state index contributed by atoms with van der Waals surface area (Å²) in [4.78, 5) is 0. The van der Waals surface area contributed by atoms with E-state index < -0.39 is 8.07 Å². The van der Waals surface area contributed by atoms with Gasteiger partial charge in [-0.15, -0.1) is 6.58 Å². The molecule has 0 bridgehead atoms. The van der Waals surface area contributed by atoms with Gasteiger partial charge in [-0.25, -0.2) is 0 Å². The second-order valence-corrected chi connectivity index (χ2v) is 10.0. The Bertz CT molecular complexity index is 236. The third-order valence-electron chi connectivity index (χ3n) is 2.27. The standard InChI is InChI=1S/C14H28Si/c1-6-8-9-10-12-14(11-7-2)13-15(3,4)5/h7,13H,2,6,8-12H2,1,3-5H3/i13D. The molecule has 0 rings (SSSR count). The van der Waals surface area contributed by atoms with E-state index in [2.05, 4.69) is 33.1 Å². The van der Waals surface area contributed by atoms with E-state index >= 15 is 0 Å². The van der Waals surface area contributed by atoms with Crippen molar-refractivity contribution in [1.82, 2.24) is 0 Å². The zero-order valence-electron chi connectivity index (χ0n) is 12.0. The summed E-state index contributed by atoms with van der Waals surface area (Å²) >= 11 is 0. The van der Waals surface area contributed by atoms with Crippen molar-refractivity contribution < 1.29 is 1.37 Å². The first-order valence-corrected chi connectivity index (χ1v) is 9.73. The molecule has 0 amide bonds. The van der Waals surface area contributed by atoms with Gasteiger partial charge in [-0.2, -0.15) is 0 Å². The molecule has 0 spiro atoms. The maximum Gasteiger partial charge on any atom is 0.0686 e. The van der Waals surface area contributed by atoms with Crippen LogP contribution in [0.25, 0.3) is 0 Å². The van der Waals surface area contributed by atoms with Gasteiger partial charge in [0.15, 0.2) is 0 Å². The fraction of sp³-hybridized carbons (Fsp3) is 0.714. The van der Waals surface area contributed by atoms with E-state index in [4.69, 9.17) is 1.37 Å². The van der Waals surface area contributed by atoms with Gasteiger partial charge in [0.1, 0.15) is 0 Å². The van der Waals surface area contributed by atoms with Gasteiger partial charge >= 0.3 is 0 Å². The highest BCUT2D eigenvalue weighted by Crippen LogP contribution is 2.17. The summed E-state index contributed by atoms with van der Waals surface area (Å²) in [6, 6.07) is 0. The van der Waals surface area contributed by atoms with Crippen LogP contribution in [0.1, 0.15) is 46.8 Å². The van der Waals surface area contributed by atoms with Crippen LogP contribution in [-0.2, 0) is 0 Å². The molecule has 0 heterocycles. The summed E-state index contributed by atoms with van der Waals surface area (Å²) in [7, 11) is -1.43. The smallest absolute Gasteiger partial charge is 0.0686 e. The van der Waals surface area contributed by atoms with Gasteiger partial charge in [-0.1, -0.05) is 63.2 Å². The molecular weight excluding hydrogens is 196 g/mol. The summed E-state index contributed by atoms with van der Waals surface area (Å²) in [5.74, 6) is 0. The molecule has 0 aromatic heterocycles. The van der Waals surface area contributed by atoms with E-state index in [1.54, 1.807) is 0 Å². The van der Waals surface area contributed by atoms with Gasteiger partial charge < -0.3 is 0 Å². The Kier molecular flexibility index (Phi) is 6.74. The summed E-state index contributed by atoms with van der Waals surface area (Å²) in [5, 5.41) is 0. The third kappa shape index (κ3) is 9.99. The van der Waals surface area contributed by atoms with E-state index in [1.165, 1.54) is 31.3 Å². The molecule has 0 fully saturated rings. The van der Waals surface area contributed by atoms with E-state index in [0.717, 1.165) is 18.5 Å². The topological polar surface area (TPSA) is 0 Å². The normalized spacial score (nSPS) is 14.5. The van der Waals surface area contributed by atoms with Crippen LogP contribution < -0.4 is 0 Å². The van der Waals surface area contributed by atoms with Crippen LogP contribution in [-0.4, -0.2) is 8.07 Å². The average Bonchev–Trinajstić information content (AvgIpc) is 2.20. The minimum absolute atomic E-state index is 0.912. The molecule has 0 unspecified atom stereocenters. The Balaban J connectivity index is 4.42. The van der Waals surface area contributed by atoms with Gasteiger partial charge in [-0.3, -0.25) is 0 Å². The van der Waals surface area contributed by atoms with E-state index in [9.17, 15) is 0 Å². The molecule has 0 N–H and O–H groups in total. The fourth-order valence-electron chi connectivity index (χ4n) is 1.69. The largest absolute Gasteiger partial charge is 0.103 e. The van der Waals surface area contributed by atoms with Gasteiger partial charge in [0.05, 0.1) is 9.44 Å². The Hall–Kier alpha value is -0.303. The second-order valence-electron chi connectivity index (χ2n) is 5.28. The highest BCUT2D eigenvalue weighted by atomic mass is 28.3. The minimum atomic E-state index is -1.43. The van der Waals surface area contributed by atoms with Gasteiger partial charge in [0.2, 0.25) is 0 Å². The summed E-state index contributed by atoms with van der Waals surface area (Å²) in [6.45, 7) is 12.8. The zero-order chi connectivity index (χ0) is 12.6. The van der Waals surface area contributed by atoms with Crippen LogP contribution in [0.15, 0.2) is 23.9 Å². The predicted molar refractivity (Wildman–Crippen MR) is 75.0 cm³/mol. The van der Waals surface area contributed by atoms with Crippen molar-refractivity contribution in [3.05, 3.63) is 23.9 Å². The zero-order valence-corrected chi connectivity index (χ0v) is 12.0. The lowest BCUT2D eigenvalue weighted by Crippen LogP contribution is -2.16. The molecular formula is C14H28Si. The van der Waals surface area contributed by atoms with Crippen molar-refractivity contribution in [3.63, 3.8) is 0 Å². The van der Waals surface area contributed by atoms with Crippen LogP contribution >= 0.6 is 0 Å². The molecule has 0 aromatic carbocycles. The Morgan fingerprint density at radius 1 is 1.27 bits per heavy atom. The Morgan fingerprint density at radius 3 is 2.40 bits per heavy atom. The van der Waals surface area contributed by atoms with Crippen LogP contribution in [0.3, 0.4) is 0 Å². The summed E-state index contributed by atoms with van der Waals surface area (Å²) in [6.07, 6.45) is 9.11. The highest BCUT2D eigenvalue weighted by Gasteiger charge is 2.10. The number of unbranched alkanes of at least 4 members (excludes halogenated alkanes) is 3. The maximum atomic E-state index is 8.26. The van der Waals surface area contributed by atoms with Crippen molar-refractivity contribution in [1.29, 1.82) is 0 Å². The molecule has 0 aromatic rings. The number of hydrogen-bond acceptors (Lipinski definition) is 0. The molecule has 0 saturated carbocycles. The molecule has 0 radical (unpaired) electrons. The first kappa shape index (κ1) is 12.8. The molecule has 15 heavy (non-hydrogen) atoms. The highest BCUT2D eigenvalue weighted by molar-refractivity contribution is 6.81. The molecule has 0 aliphatic carbocycles. The van der Waals surface area contributed by atoms with Crippen LogP contribution in [0.2, 0.25) is 19.6 Å². The monoisotopic (exact) mass is 225 g/mol. The molecule has 0 saturated heterocycles. The van der Waals surface area contributed by atoms with Gasteiger partial charge in [0.25, 0.3) is 0 Å².